The van der Waals surface area contributed by atoms with E-state index in [1.54, 1.807) is 6.20 Å². The van der Waals surface area contributed by atoms with Crippen molar-refractivity contribution in [3.63, 3.8) is 0 Å². The van der Waals surface area contributed by atoms with Crippen LogP contribution in [0.1, 0.15) is 51.3 Å². The predicted octanol–water partition coefficient (Wildman–Crippen LogP) is 3.45. The van der Waals surface area contributed by atoms with Gasteiger partial charge in [0.25, 0.3) is 0 Å². The van der Waals surface area contributed by atoms with Crippen LogP contribution in [0.5, 0.6) is 11.6 Å². The van der Waals surface area contributed by atoms with Gasteiger partial charge in [-0.05, 0) is 51.0 Å². The summed E-state index contributed by atoms with van der Waals surface area (Å²) in [5, 5.41) is 16.9. The molecule has 0 aliphatic rings. The van der Waals surface area contributed by atoms with Crippen molar-refractivity contribution < 1.29 is 14.6 Å². The minimum absolute atomic E-state index is 0.119. The Balaban J connectivity index is 1.96. The molecule has 164 valence electrons. The second-order valence-corrected chi connectivity index (χ2v) is 7.14. The molecule has 0 amide bonds. The molecule has 7 nitrogen and oxygen atoms in total. The fraction of sp³-hybridized carbons (Fsp3) is 0.478. The van der Waals surface area contributed by atoms with Crippen LogP contribution in [0.4, 0.5) is 0 Å². The van der Waals surface area contributed by atoms with E-state index in [9.17, 15) is 5.11 Å². The maximum absolute atomic E-state index is 10.5. The Morgan fingerprint density at radius 1 is 1.13 bits per heavy atom. The first-order chi connectivity index (χ1) is 14.5. The van der Waals surface area contributed by atoms with E-state index < -0.39 is 6.10 Å². The number of ether oxygens (including phenoxy) is 2. The summed E-state index contributed by atoms with van der Waals surface area (Å²) in [5.41, 5.74) is 1.74. The van der Waals surface area contributed by atoms with Gasteiger partial charge in [0.15, 0.2) is 5.96 Å². The number of aliphatic imine (C=N–C) groups is 1. The number of nitrogens with zero attached hydrogens (tertiary/aromatic N) is 2. The van der Waals surface area contributed by atoms with E-state index in [0.717, 1.165) is 29.8 Å². The molecule has 0 aliphatic heterocycles. The zero-order valence-electron chi connectivity index (χ0n) is 18.4. The summed E-state index contributed by atoms with van der Waals surface area (Å²) in [6, 6.07) is 11.3. The third-order valence-corrected chi connectivity index (χ3v) is 4.14. The van der Waals surface area contributed by atoms with Crippen molar-refractivity contribution in [2.45, 2.75) is 52.9 Å². The summed E-state index contributed by atoms with van der Waals surface area (Å²) in [5.74, 6) is 2.03. The fourth-order valence-electron chi connectivity index (χ4n) is 2.73. The lowest BCUT2D eigenvalue weighted by atomic mass is 10.1. The number of guanidine groups is 1. The summed E-state index contributed by atoms with van der Waals surface area (Å²) in [6.45, 7) is 10.1. The number of nitrogens with one attached hydrogen (secondary N) is 2. The lowest BCUT2D eigenvalue weighted by Gasteiger charge is -2.16. The predicted molar refractivity (Wildman–Crippen MR) is 120 cm³/mol. The van der Waals surface area contributed by atoms with Gasteiger partial charge in [-0.3, -0.25) is 0 Å². The standard InChI is InChI=1S/C23H34N4O3/c1-5-14-29-22-19(8-7-13-25-22)15-26-23(24-6-2)27-16-21(28)18-9-11-20(12-10-18)30-17(3)4/h7-13,17,21,28H,5-6,14-16H2,1-4H3,(H2,24,26,27). The molecule has 1 unspecified atom stereocenters. The smallest absolute Gasteiger partial charge is 0.218 e. The van der Waals surface area contributed by atoms with Crippen molar-refractivity contribution in [3.05, 3.63) is 53.7 Å². The largest absolute Gasteiger partial charge is 0.491 e. The van der Waals surface area contributed by atoms with Gasteiger partial charge in [0.2, 0.25) is 5.88 Å². The summed E-state index contributed by atoms with van der Waals surface area (Å²) in [7, 11) is 0. The molecule has 1 aromatic heterocycles. The summed E-state index contributed by atoms with van der Waals surface area (Å²) < 4.78 is 11.3. The molecule has 30 heavy (non-hydrogen) atoms. The molecular formula is C23H34N4O3. The normalized spacial score (nSPS) is 12.5. The van der Waals surface area contributed by atoms with Crippen LogP contribution in [-0.2, 0) is 6.54 Å². The van der Waals surface area contributed by atoms with Crippen molar-refractivity contribution in [1.29, 1.82) is 0 Å². The second kappa shape index (κ2) is 12.7. The number of hydrogen-bond donors (Lipinski definition) is 3. The van der Waals surface area contributed by atoms with Crippen molar-refractivity contribution in [1.82, 2.24) is 15.6 Å². The van der Waals surface area contributed by atoms with E-state index in [1.807, 2.05) is 57.2 Å². The highest BCUT2D eigenvalue weighted by atomic mass is 16.5. The molecule has 0 saturated heterocycles. The molecule has 0 radical (unpaired) electrons. The fourth-order valence-corrected chi connectivity index (χ4v) is 2.73. The lowest BCUT2D eigenvalue weighted by molar-refractivity contribution is 0.180. The SMILES string of the molecule is CCCOc1ncccc1CN=C(NCC)NCC(O)c1ccc(OC(C)C)cc1. The van der Waals surface area contributed by atoms with Gasteiger partial charge in [-0.2, -0.15) is 0 Å². The second-order valence-electron chi connectivity index (χ2n) is 7.14. The van der Waals surface area contributed by atoms with E-state index in [0.29, 0.717) is 31.5 Å². The van der Waals surface area contributed by atoms with Gasteiger partial charge in [0, 0.05) is 24.8 Å². The summed E-state index contributed by atoms with van der Waals surface area (Å²) in [6.07, 6.45) is 2.10. The van der Waals surface area contributed by atoms with E-state index >= 15 is 0 Å². The van der Waals surface area contributed by atoms with Crippen LogP contribution in [0.25, 0.3) is 0 Å². The number of pyridine rings is 1. The monoisotopic (exact) mass is 414 g/mol. The number of hydrogen-bond acceptors (Lipinski definition) is 5. The zero-order valence-corrected chi connectivity index (χ0v) is 18.4. The quantitative estimate of drug-likeness (QED) is 0.386. The minimum atomic E-state index is -0.663. The first kappa shape index (κ1) is 23.5. The van der Waals surface area contributed by atoms with Crippen LogP contribution in [-0.4, -0.2) is 41.9 Å². The molecule has 0 spiro atoms. The van der Waals surface area contributed by atoms with Crippen LogP contribution < -0.4 is 20.1 Å². The van der Waals surface area contributed by atoms with Crippen LogP contribution in [0.2, 0.25) is 0 Å². The Labute approximate surface area is 179 Å². The minimum Gasteiger partial charge on any atom is -0.491 e. The number of aliphatic hydroxyl groups is 1. The van der Waals surface area contributed by atoms with Crippen molar-refractivity contribution in [2.75, 3.05) is 19.7 Å². The van der Waals surface area contributed by atoms with Gasteiger partial charge in [-0.1, -0.05) is 25.1 Å². The first-order valence-electron chi connectivity index (χ1n) is 10.6. The van der Waals surface area contributed by atoms with Gasteiger partial charge in [0.05, 0.1) is 25.4 Å². The summed E-state index contributed by atoms with van der Waals surface area (Å²) >= 11 is 0. The molecule has 0 saturated carbocycles. The van der Waals surface area contributed by atoms with E-state index in [1.165, 1.54) is 0 Å². The molecule has 0 aliphatic carbocycles. The Morgan fingerprint density at radius 2 is 1.90 bits per heavy atom. The Morgan fingerprint density at radius 3 is 2.57 bits per heavy atom. The highest BCUT2D eigenvalue weighted by Crippen LogP contribution is 2.19. The molecule has 7 heteroatoms. The topological polar surface area (TPSA) is 88.0 Å². The highest BCUT2D eigenvalue weighted by molar-refractivity contribution is 5.79. The summed E-state index contributed by atoms with van der Waals surface area (Å²) in [4.78, 5) is 8.90. The number of benzene rings is 1. The molecule has 1 atom stereocenters. The van der Waals surface area contributed by atoms with E-state index in [-0.39, 0.29) is 6.10 Å². The van der Waals surface area contributed by atoms with Gasteiger partial charge >= 0.3 is 0 Å². The number of aliphatic hydroxyl groups excluding tert-OH is 1. The number of aromatic nitrogens is 1. The van der Waals surface area contributed by atoms with Crippen molar-refractivity contribution >= 4 is 5.96 Å². The maximum atomic E-state index is 10.5. The van der Waals surface area contributed by atoms with Crippen LogP contribution in [0.15, 0.2) is 47.6 Å². The Bertz CT molecular complexity index is 778. The lowest BCUT2D eigenvalue weighted by Crippen LogP contribution is -2.39. The molecule has 1 aromatic carbocycles. The van der Waals surface area contributed by atoms with Crippen molar-refractivity contribution in [3.8, 4) is 11.6 Å². The van der Waals surface area contributed by atoms with Gasteiger partial charge in [0.1, 0.15) is 5.75 Å². The van der Waals surface area contributed by atoms with Gasteiger partial charge in [-0.25, -0.2) is 9.98 Å². The van der Waals surface area contributed by atoms with E-state index in [4.69, 9.17) is 9.47 Å². The van der Waals surface area contributed by atoms with Gasteiger partial charge < -0.3 is 25.2 Å². The van der Waals surface area contributed by atoms with Crippen LogP contribution in [0, 0.1) is 0 Å². The average Bonchev–Trinajstić information content (AvgIpc) is 2.74. The maximum Gasteiger partial charge on any atom is 0.218 e. The Hall–Kier alpha value is -2.80. The highest BCUT2D eigenvalue weighted by Gasteiger charge is 2.10. The molecule has 1 heterocycles. The van der Waals surface area contributed by atoms with E-state index in [2.05, 4.69) is 27.5 Å². The molecule has 0 bridgehead atoms. The molecular weight excluding hydrogens is 380 g/mol. The molecule has 0 fully saturated rings. The first-order valence-corrected chi connectivity index (χ1v) is 10.6. The third kappa shape index (κ3) is 7.91. The zero-order chi connectivity index (χ0) is 21.8. The third-order valence-electron chi connectivity index (χ3n) is 4.14. The average molecular weight is 415 g/mol. The van der Waals surface area contributed by atoms with Crippen molar-refractivity contribution in [2.24, 2.45) is 4.99 Å². The molecule has 2 aromatic rings. The number of rotatable bonds is 11. The van der Waals surface area contributed by atoms with Gasteiger partial charge in [-0.15, -0.1) is 0 Å². The van der Waals surface area contributed by atoms with Crippen LogP contribution in [0.3, 0.4) is 0 Å². The van der Waals surface area contributed by atoms with Crippen LogP contribution >= 0.6 is 0 Å². The Kier molecular flexibility index (Phi) is 9.94. The molecule has 2 rings (SSSR count). The molecule has 3 N–H and O–H groups in total.